The number of nitrogens with one attached hydrogen (secondary N) is 2. The van der Waals surface area contributed by atoms with Crippen LogP contribution in [-0.2, 0) is 0 Å². The Labute approximate surface area is 166 Å². The van der Waals surface area contributed by atoms with Gasteiger partial charge in [0.1, 0.15) is 18.0 Å². The van der Waals surface area contributed by atoms with Gasteiger partial charge in [-0.3, -0.25) is 5.32 Å². The van der Waals surface area contributed by atoms with E-state index in [-0.39, 0.29) is 12.1 Å². The predicted molar refractivity (Wildman–Crippen MR) is 112 cm³/mol. The maximum Gasteiger partial charge on any atom is 0.320 e. The number of carbonyl (C=O) groups excluding carboxylic acids is 1. The van der Waals surface area contributed by atoms with Gasteiger partial charge in [-0.05, 0) is 25.0 Å². The lowest BCUT2D eigenvalue weighted by molar-refractivity contribution is 0.244. The first kappa shape index (κ1) is 18.5. The number of anilines is 3. The molecule has 28 heavy (non-hydrogen) atoms. The molecule has 0 radical (unpaired) electrons. The van der Waals surface area contributed by atoms with Gasteiger partial charge >= 0.3 is 6.03 Å². The van der Waals surface area contributed by atoms with Crippen molar-refractivity contribution in [2.45, 2.75) is 38.1 Å². The summed E-state index contributed by atoms with van der Waals surface area (Å²) in [5.74, 6) is 1.40. The highest BCUT2D eigenvalue weighted by Gasteiger charge is 2.19. The highest BCUT2D eigenvalue weighted by molar-refractivity contribution is 5.88. The molecule has 1 aromatic heterocycles. The van der Waals surface area contributed by atoms with Gasteiger partial charge in [0.15, 0.2) is 0 Å². The van der Waals surface area contributed by atoms with Crippen molar-refractivity contribution in [3.8, 4) is 0 Å². The molecule has 0 atom stereocenters. The lowest BCUT2D eigenvalue weighted by atomic mass is 9.96. The van der Waals surface area contributed by atoms with E-state index in [0.29, 0.717) is 5.82 Å². The number of nitrogens with zero attached hydrogens (tertiary/aromatic N) is 4. The van der Waals surface area contributed by atoms with Crippen molar-refractivity contribution in [3.05, 3.63) is 42.7 Å². The summed E-state index contributed by atoms with van der Waals surface area (Å²) < 4.78 is 0. The zero-order valence-electron chi connectivity index (χ0n) is 16.2. The molecule has 148 valence electrons. The molecule has 2 N–H and O–H groups in total. The van der Waals surface area contributed by atoms with Gasteiger partial charge in [-0.2, -0.15) is 0 Å². The Morgan fingerprint density at radius 2 is 1.64 bits per heavy atom. The SMILES string of the molecule is O=C(Nc1cc(N2CCN(c3ccccc3)CC2)ncn1)NC1CCCCC1. The van der Waals surface area contributed by atoms with Crippen LogP contribution in [0.4, 0.5) is 22.1 Å². The van der Waals surface area contributed by atoms with Gasteiger partial charge in [-0.25, -0.2) is 14.8 Å². The van der Waals surface area contributed by atoms with Gasteiger partial charge < -0.3 is 15.1 Å². The van der Waals surface area contributed by atoms with E-state index in [2.05, 4.69) is 54.7 Å². The van der Waals surface area contributed by atoms with Gasteiger partial charge in [-0.1, -0.05) is 37.5 Å². The average molecular weight is 380 g/mol. The molecule has 1 aliphatic carbocycles. The van der Waals surface area contributed by atoms with E-state index in [1.807, 2.05) is 12.1 Å². The molecule has 1 aromatic carbocycles. The summed E-state index contributed by atoms with van der Waals surface area (Å²) in [6.45, 7) is 3.66. The van der Waals surface area contributed by atoms with Gasteiger partial charge in [0, 0.05) is 44.0 Å². The number of rotatable bonds is 4. The summed E-state index contributed by atoms with van der Waals surface area (Å²) >= 11 is 0. The van der Waals surface area contributed by atoms with E-state index in [1.165, 1.54) is 31.3 Å². The van der Waals surface area contributed by atoms with Crippen molar-refractivity contribution in [1.29, 1.82) is 0 Å². The highest BCUT2D eigenvalue weighted by Crippen LogP contribution is 2.20. The summed E-state index contributed by atoms with van der Waals surface area (Å²) in [6, 6.07) is 12.4. The number of piperazine rings is 1. The first-order chi connectivity index (χ1) is 13.8. The number of benzene rings is 1. The van der Waals surface area contributed by atoms with Crippen LogP contribution in [0, 0.1) is 0 Å². The molecule has 1 aliphatic heterocycles. The highest BCUT2D eigenvalue weighted by atomic mass is 16.2. The monoisotopic (exact) mass is 380 g/mol. The third-order valence-corrected chi connectivity index (χ3v) is 5.56. The topological polar surface area (TPSA) is 73.4 Å². The van der Waals surface area contributed by atoms with Crippen LogP contribution in [0.25, 0.3) is 0 Å². The Balaban J connectivity index is 1.32. The van der Waals surface area contributed by atoms with Crippen LogP contribution in [0.5, 0.6) is 0 Å². The Hall–Kier alpha value is -2.83. The first-order valence-electron chi connectivity index (χ1n) is 10.2. The van der Waals surface area contributed by atoms with E-state index in [4.69, 9.17) is 0 Å². The van der Waals surface area contributed by atoms with Gasteiger partial charge in [-0.15, -0.1) is 0 Å². The third kappa shape index (κ3) is 4.71. The summed E-state index contributed by atoms with van der Waals surface area (Å²) in [7, 11) is 0. The number of urea groups is 1. The lowest BCUT2D eigenvalue weighted by Gasteiger charge is -2.36. The fourth-order valence-electron chi connectivity index (χ4n) is 4.01. The zero-order valence-corrected chi connectivity index (χ0v) is 16.2. The van der Waals surface area contributed by atoms with E-state index in [1.54, 1.807) is 0 Å². The number of amides is 2. The van der Waals surface area contributed by atoms with Crippen LogP contribution >= 0.6 is 0 Å². The van der Waals surface area contributed by atoms with Crippen molar-refractivity contribution in [3.63, 3.8) is 0 Å². The van der Waals surface area contributed by atoms with Gasteiger partial charge in [0.2, 0.25) is 0 Å². The largest absolute Gasteiger partial charge is 0.368 e. The molecule has 2 amide bonds. The van der Waals surface area contributed by atoms with Gasteiger partial charge in [0.25, 0.3) is 0 Å². The maximum absolute atomic E-state index is 12.3. The molecule has 2 aliphatic rings. The maximum atomic E-state index is 12.3. The van der Waals surface area contributed by atoms with Crippen molar-refractivity contribution in [2.75, 3.05) is 41.3 Å². The molecule has 1 saturated heterocycles. The Morgan fingerprint density at radius 3 is 2.39 bits per heavy atom. The Bertz CT molecular complexity index is 769. The normalized spacial score (nSPS) is 18.0. The second-order valence-electron chi connectivity index (χ2n) is 7.50. The van der Waals surface area contributed by atoms with Crippen LogP contribution in [-0.4, -0.2) is 48.2 Å². The standard InChI is InChI=1S/C21H28N6O/c28-21(24-17-7-3-1-4-8-17)25-19-15-20(23-16-22-19)27-13-11-26(12-14-27)18-9-5-2-6-10-18/h2,5-6,9-10,15-17H,1,3-4,7-8,11-14H2,(H2,22,23,24,25,28). The quantitative estimate of drug-likeness (QED) is 0.852. The predicted octanol–water partition coefficient (Wildman–Crippen LogP) is 3.26. The number of aromatic nitrogens is 2. The summed E-state index contributed by atoms with van der Waals surface area (Å²) in [5.41, 5.74) is 1.26. The van der Waals surface area contributed by atoms with Gasteiger partial charge in [0.05, 0.1) is 0 Å². The summed E-state index contributed by atoms with van der Waals surface area (Å²) in [6.07, 6.45) is 7.30. The van der Waals surface area contributed by atoms with E-state index in [9.17, 15) is 4.79 Å². The summed E-state index contributed by atoms with van der Waals surface area (Å²) in [5, 5.41) is 5.92. The molecular weight excluding hydrogens is 352 g/mol. The molecule has 4 rings (SSSR count). The smallest absolute Gasteiger partial charge is 0.320 e. The lowest BCUT2D eigenvalue weighted by Crippen LogP contribution is -2.46. The van der Waals surface area contributed by atoms with Crippen molar-refractivity contribution in [2.24, 2.45) is 0 Å². The minimum absolute atomic E-state index is 0.176. The molecule has 0 unspecified atom stereocenters. The number of para-hydroxylation sites is 1. The Kier molecular flexibility index (Phi) is 5.89. The fraction of sp³-hybridized carbons (Fsp3) is 0.476. The number of hydrogen-bond acceptors (Lipinski definition) is 5. The van der Waals surface area contributed by atoms with Crippen molar-refractivity contribution in [1.82, 2.24) is 15.3 Å². The molecule has 0 spiro atoms. The van der Waals surface area contributed by atoms with Crippen LogP contribution in [0.3, 0.4) is 0 Å². The molecule has 2 heterocycles. The Morgan fingerprint density at radius 1 is 0.929 bits per heavy atom. The van der Waals surface area contributed by atoms with Crippen molar-refractivity contribution < 1.29 is 4.79 Å². The second kappa shape index (κ2) is 8.91. The molecule has 2 aromatic rings. The van der Waals surface area contributed by atoms with Crippen molar-refractivity contribution >= 4 is 23.4 Å². The van der Waals surface area contributed by atoms with E-state index < -0.39 is 0 Å². The molecule has 2 fully saturated rings. The number of hydrogen-bond donors (Lipinski definition) is 2. The van der Waals surface area contributed by atoms with E-state index >= 15 is 0 Å². The molecule has 0 bridgehead atoms. The summed E-state index contributed by atoms with van der Waals surface area (Å²) in [4.78, 5) is 25.5. The first-order valence-corrected chi connectivity index (χ1v) is 10.2. The fourth-order valence-corrected chi connectivity index (χ4v) is 4.01. The van der Waals surface area contributed by atoms with Crippen LogP contribution < -0.4 is 20.4 Å². The third-order valence-electron chi connectivity index (χ3n) is 5.56. The molecular formula is C21H28N6O. The zero-order chi connectivity index (χ0) is 19.2. The van der Waals surface area contributed by atoms with Crippen LogP contribution in [0.15, 0.2) is 42.7 Å². The van der Waals surface area contributed by atoms with Crippen LogP contribution in [0.1, 0.15) is 32.1 Å². The molecule has 7 nitrogen and oxygen atoms in total. The van der Waals surface area contributed by atoms with E-state index in [0.717, 1.165) is 44.8 Å². The second-order valence-corrected chi connectivity index (χ2v) is 7.50. The molecule has 7 heteroatoms. The minimum Gasteiger partial charge on any atom is -0.368 e. The molecule has 1 saturated carbocycles. The minimum atomic E-state index is -0.176. The average Bonchev–Trinajstić information content (AvgIpc) is 2.75. The van der Waals surface area contributed by atoms with Crippen LogP contribution in [0.2, 0.25) is 0 Å². The number of carbonyl (C=O) groups is 1.